The molecular formula is C19H14ClNO5S2. The summed E-state index contributed by atoms with van der Waals surface area (Å²) < 4.78 is 29.4. The molecule has 1 unspecified atom stereocenters. The number of ether oxygens (including phenoxy) is 1. The van der Waals surface area contributed by atoms with Crippen LogP contribution in [-0.2, 0) is 14.6 Å². The number of hydrogen-bond acceptors (Lipinski definition) is 6. The van der Waals surface area contributed by atoms with Gasteiger partial charge in [0.15, 0.2) is 0 Å². The number of amides is 2. The van der Waals surface area contributed by atoms with Crippen LogP contribution in [-0.4, -0.2) is 30.8 Å². The normalized spacial score (nSPS) is 18.9. The molecule has 1 aliphatic rings. The summed E-state index contributed by atoms with van der Waals surface area (Å²) in [6.45, 7) is 0. The number of rotatable bonds is 4. The Labute approximate surface area is 171 Å². The largest absolute Gasteiger partial charge is 0.497 e. The highest BCUT2D eigenvalue weighted by Gasteiger charge is 2.58. The minimum absolute atomic E-state index is 0.111. The maximum Gasteiger partial charge on any atom is 0.287 e. The number of carbonyl (C=O) groups is 2. The van der Waals surface area contributed by atoms with Crippen molar-refractivity contribution in [3.05, 3.63) is 59.1 Å². The molecule has 28 heavy (non-hydrogen) atoms. The van der Waals surface area contributed by atoms with Gasteiger partial charge in [0.2, 0.25) is 13.9 Å². The zero-order valence-corrected chi connectivity index (χ0v) is 17.0. The Hall–Kier alpha value is -2.47. The Kier molecular flexibility index (Phi) is 5.70. The molecule has 1 saturated heterocycles. The smallest absolute Gasteiger partial charge is 0.287 e. The van der Waals surface area contributed by atoms with Crippen LogP contribution < -0.4 is 10.1 Å². The lowest BCUT2D eigenvalue weighted by molar-refractivity contribution is -0.119. The Morgan fingerprint density at radius 2 is 1.75 bits per heavy atom. The Morgan fingerprint density at radius 1 is 1.11 bits per heavy atom. The third-order valence-electron chi connectivity index (χ3n) is 4.02. The van der Waals surface area contributed by atoms with E-state index in [1.54, 1.807) is 31.4 Å². The summed E-state index contributed by atoms with van der Waals surface area (Å²) >= 11 is 6.24. The third kappa shape index (κ3) is 3.74. The maximum absolute atomic E-state index is 13.2. The summed E-state index contributed by atoms with van der Waals surface area (Å²) in [5.41, 5.74) is 0.620. The molecule has 0 radical (unpaired) electrons. The van der Waals surface area contributed by atoms with Gasteiger partial charge in [-0.15, -0.1) is 0 Å². The van der Waals surface area contributed by atoms with E-state index >= 15 is 0 Å². The first-order valence-corrected chi connectivity index (χ1v) is 10.6. The molecule has 1 N–H and O–H groups in total. The fourth-order valence-corrected chi connectivity index (χ4v) is 5.78. The highest BCUT2D eigenvalue weighted by atomic mass is 35.5. The van der Waals surface area contributed by atoms with Crippen LogP contribution in [0, 0.1) is 11.8 Å². The lowest BCUT2D eigenvalue weighted by Crippen LogP contribution is -2.43. The molecule has 2 aromatic rings. The van der Waals surface area contributed by atoms with Crippen molar-refractivity contribution in [3.8, 4) is 17.6 Å². The minimum atomic E-state index is -4.22. The quantitative estimate of drug-likeness (QED) is 0.741. The molecule has 0 saturated carbocycles. The van der Waals surface area contributed by atoms with Gasteiger partial charge in [0.05, 0.1) is 12.0 Å². The molecule has 6 nitrogen and oxygen atoms in total. The van der Waals surface area contributed by atoms with Gasteiger partial charge < -0.3 is 4.74 Å². The van der Waals surface area contributed by atoms with Gasteiger partial charge in [-0.1, -0.05) is 23.4 Å². The van der Waals surface area contributed by atoms with Gasteiger partial charge in [-0.05, 0) is 60.3 Å². The minimum Gasteiger partial charge on any atom is -0.497 e. The Bertz CT molecular complexity index is 1090. The highest BCUT2D eigenvalue weighted by molar-refractivity contribution is 8.25. The second kappa shape index (κ2) is 7.87. The van der Waals surface area contributed by atoms with E-state index in [1.165, 1.54) is 24.3 Å². The van der Waals surface area contributed by atoms with Crippen molar-refractivity contribution in [3.63, 3.8) is 0 Å². The van der Waals surface area contributed by atoms with Crippen molar-refractivity contribution in [2.75, 3.05) is 7.11 Å². The van der Waals surface area contributed by atoms with Crippen molar-refractivity contribution >= 4 is 44.3 Å². The van der Waals surface area contributed by atoms with E-state index in [0.717, 1.165) is 0 Å². The average molecular weight is 436 g/mol. The number of benzene rings is 2. The van der Waals surface area contributed by atoms with Crippen molar-refractivity contribution in [2.24, 2.45) is 0 Å². The molecule has 0 aliphatic carbocycles. The highest BCUT2D eigenvalue weighted by Crippen LogP contribution is 2.43. The van der Waals surface area contributed by atoms with Crippen LogP contribution in [0.15, 0.2) is 53.4 Å². The topological polar surface area (TPSA) is 89.5 Å². The van der Waals surface area contributed by atoms with Gasteiger partial charge in [0, 0.05) is 17.0 Å². The number of nitrogens with one attached hydrogen (secondary N) is 1. The Balaban J connectivity index is 1.98. The number of sulfone groups is 1. The second-order valence-electron chi connectivity index (χ2n) is 5.76. The average Bonchev–Trinajstić information content (AvgIpc) is 2.97. The van der Waals surface area contributed by atoms with Crippen molar-refractivity contribution in [2.45, 2.75) is 15.4 Å². The van der Waals surface area contributed by atoms with E-state index in [1.807, 2.05) is 0 Å². The summed E-state index contributed by atoms with van der Waals surface area (Å²) in [4.78, 5) is 24.2. The van der Waals surface area contributed by atoms with Crippen LogP contribution in [0.25, 0.3) is 0 Å². The van der Waals surface area contributed by atoms with Crippen LogP contribution in [0.5, 0.6) is 5.75 Å². The molecule has 0 bridgehead atoms. The van der Waals surface area contributed by atoms with Crippen LogP contribution in [0.4, 0.5) is 4.79 Å². The second-order valence-corrected chi connectivity index (χ2v) is 9.90. The third-order valence-corrected chi connectivity index (χ3v) is 8.22. The van der Waals surface area contributed by atoms with Crippen LogP contribution >= 0.6 is 23.4 Å². The fourth-order valence-electron chi connectivity index (χ4n) is 2.54. The van der Waals surface area contributed by atoms with Gasteiger partial charge in [-0.3, -0.25) is 14.9 Å². The van der Waals surface area contributed by atoms with Crippen molar-refractivity contribution in [1.29, 1.82) is 0 Å². The number of hydrogen-bond donors (Lipinski definition) is 1. The molecule has 2 aromatic carbocycles. The van der Waals surface area contributed by atoms with Crippen LogP contribution in [0.1, 0.15) is 12.0 Å². The molecule has 1 aliphatic heterocycles. The lowest BCUT2D eigenvalue weighted by atomic mass is 10.2. The van der Waals surface area contributed by atoms with Crippen LogP contribution in [0.3, 0.4) is 0 Å². The standard InChI is InChI=1S/C19H14ClNO5S2/c1-26-15-8-4-13(5-9-15)3-2-12-19(17(22)21-18(23)27-19)28(24,25)16-10-6-14(20)7-11-16/h4-11H,12H2,1H3,(H,21,22,23). The summed E-state index contributed by atoms with van der Waals surface area (Å²) in [6.07, 6.45) is -0.355. The number of imide groups is 1. The zero-order valence-electron chi connectivity index (χ0n) is 14.6. The van der Waals surface area contributed by atoms with Gasteiger partial charge in [0.1, 0.15) is 5.75 Å². The van der Waals surface area contributed by atoms with Gasteiger partial charge in [-0.2, -0.15) is 0 Å². The number of thioether (sulfide) groups is 1. The molecular weight excluding hydrogens is 422 g/mol. The van der Waals surface area contributed by atoms with Gasteiger partial charge in [0.25, 0.3) is 11.1 Å². The van der Waals surface area contributed by atoms with E-state index in [2.05, 4.69) is 17.2 Å². The monoisotopic (exact) mass is 435 g/mol. The predicted octanol–water partition coefficient (Wildman–Crippen LogP) is 3.24. The zero-order chi connectivity index (χ0) is 20.4. The fraction of sp³-hybridized carbons (Fsp3) is 0.158. The van der Waals surface area contributed by atoms with Crippen molar-refractivity contribution in [1.82, 2.24) is 5.32 Å². The molecule has 9 heteroatoms. The van der Waals surface area contributed by atoms with Crippen molar-refractivity contribution < 1.29 is 22.7 Å². The molecule has 1 atom stereocenters. The molecule has 0 spiro atoms. The van der Waals surface area contributed by atoms with E-state index in [9.17, 15) is 18.0 Å². The molecule has 2 amide bonds. The van der Waals surface area contributed by atoms with Gasteiger partial charge >= 0.3 is 0 Å². The SMILES string of the molecule is COc1ccc(C#CCC2(S(=O)(=O)c3ccc(Cl)cc3)SC(=O)NC2=O)cc1. The summed E-state index contributed by atoms with van der Waals surface area (Å²) in [6, 6.07) is 12.3. The van der Waals surface area contributed by atoms with E-state index in [0.29, 0.717) is 28.1 Å². The van der Waals surface area contributed by atoms with E-state index < -0.39 is 25.1 Å². The number of methoxy groups -OCH3 is 1. The first-order chi connectivity index (χ1) is 13.3. The number of halogens is 1. The first kappa shape index (κ1) is 20.3. The van der Waals surface area contributed by atoms with E-state index in [4.69, 9.17) is 16.3 Å². The van der Waals surface area contributed by atoms with E-state index in [-0.39, 0.29) is 11.3 Å². The summed E-state index contributed by atoms with van der Waals surface area (Å²) in [7, 11) is -2.67. The molecule has 3 rings (SSSR count). The van der Waals surface area contributed by atoms with Crippen LogP contribution in [0.2, 0.25) is 5.02 Å². The maximum atomic E-state index is 13.2. The predicted molar refractivity (Wildman–Crippen MR) is 107 cm³/mol. The summed E-state index contributed by atoms with van der Waals surface area (Å²) in [5.74, 6) is 5.30. The molecule has 144 valence electrons. The van der Waals surface area contributed by atoms with Gasteiger partial charge in [-0.25, -0.2) is 8.42 Å². The number of carbonyl (C=O) groups excluding carboxylic acids is 2. The Morgan fingerprint density at radius 3 is 2.29 bits per heavy atom. The lowest BCUT2D eigenvalue weighted by Gasteiger charge is -2.22. The molecule has 1 fully saturated rings. The molecule has 1 heterocycles. The molecule has 0 aromatic heterocycles. The summed E-state index contributed by atoms with van der Waals surface area (Å²) in [5, 5.41) is 1.68. The first-order valence-electron chi connectivity index (χ1n) is 7.96.